The molecule has 0 amide bonds. The zero-order valence-corrected chi connectivity index (χ0v) is 12.0. The molecule has 3 nitrogen and oxygen atoms in total. The van der Waals surface area contributed by atoms with Crippen molar-refractivity contribution in [3.05, 3.63) is 0 Å². The van der Waals surface area contributed by atoms with E-state index in [0.29, 0.717) is 13.2 Å². The Balaban J connectivity index is 3.20. The van der Waals surface area contributed by atoms with Gasteiger partial charge in [0, 0.05) is 13.2 Å². The van der Waals surface area contributed by atoms with Gasteiger partial charge in [0.05, 0.1) is 24.7 Å². The lowest BCUT2D eigenvalue weighted by atomic mass is 10.4. The molecule has 0 aliphatic rings. The quantitative estimate of drug-likeness (QED) is 0.450. The van der Waals surface area contributed by atoms with Gasteiger partial charge in [-0.25, -0.2) is 0 Å². The Morgan fingerprint density at radius 1 is 1.00 bits per heavy atom. The van der Waals surface area contributed by atoms with Crippen LogP contribution in [0.25, 0.3) is 0 Å². The molecule has 16 heavy (non-hydrogen) atoms. The molecule has 0 saturated carbocycles. The molecule has 98 valence electrons. The van der Waals surface area contributed by atoms with E-state index in [1.54, 1.807) is 0 Å². The van der Waals surface area contributed by atoms with Crippen molar-refractivity contribution in [2.24, 2.45) is 0 Å². The second-order valence-electron chi connectivity index (χ2n) is 4.09. The van der Waals surface area contributed by atoms with E-state index in [2.05, 4.69) is 33.0 Å². The van der Waals surface area contributed by atoms with E-state index in [4.69, 9.17) is 9.47 Å². The Labute approximate surface area is 105 Å². The summed E-state index contributed by atoms with van der Waals surface area (Å²) in [6.07, 6.45) is 1.07. The fourth-order valence-corrected chi connectivity index (χ4v) is 2.23. The average molecular weight is 249 g/mol. The van der Waals surface area contributed by atoms with Gasteiger partial charge in [-0.15, -0.1) is 11.8 Å². The van der Waals surface area contributed by atoms with Gasteiger partial charge < -0.3 is 14.8 Å². The number of hydrogen-bond acceptors (Lipinski definition) is 4. The molecule has 0 heterocycles. The van der Waals surface area contributed by atoms with Crippen molar-refractivity contribution in [2.45, 2.75) is 39.0 Å². The maximum Gasteiger partial charge on any atom is 0.0701 e. The Morgan fingerprint density at radius 3 is 2.19 bits per heavy atom. The molecule has 0 aliphatic heterocycles. The molecule has 1 N–H and O–H groups in total. The topological polar surface area (TPSA) is 30.5 Å². The van der Waals surface area contributed by atoms with Crippen molar-refractivity contribution >= 4 is 11.8 Å². The van der Waals surface area contributed by atoms with Crippen LogP contribution in [0.1, 0.15) is 34.1 Å². The van der Waals surface area contributed by atoms with E-state index in [-0.39, 0.29) is 4.87 Å². The smallest absolute Gasteiger partial charge is 0.0701 e. The first-order chi connectivity index (χ1) is 7.62. The molecular weight excluding hydrogens is 222 g/mol. The minimum absolute atomic E-state index is 0.150. The summed E-state index contributed by atoms with van der Waals surface area (Å²) in [6, 6.07) is 0. The second kappa shape index (κ2) is 10.4. The normalized spacial score (nSPS) is 12.0. The summed E-state index contributed by atoms with van der Waals surface area (Å²) in [7, 11) is 0. The molecular formula is C12H27NO2S. The van der Waals surface area contributed by atoms with E-state index in [1.807, 2.05) is 11.8 Å². The highest BCUT2D eigenvalue weighted by Crippen LogP contribution is 2.19. The molecule has 0 saturated heterocycles. The van der Waals surface area contributed by atoms with Crippen molar-refractivity contribution in [1.29, 1.82) is 0 Å². The first-order valence-electron chi connectivity index (χ1n) is 6.17. The fraction of sp³-hybridized carbons (Fsp3) is 1.00. The number of hydrogen-bond donors (Lipinski definition) is 1. The summed E-state index contributed by atoms with van der Waals surface area (Å²) >= 11 is 1.92. The number of rotatable bonds is 11. The number of thioether (sulfide) groups is 1. The van der Waals surface area contributed by atoms with Crippen LogP contribution < -0.4 is 5.32 Å². The van der Waals surface area contributed by atoms with E-state index in [9.17, 15) is 0 Å². The van der Waals surface area contributed by atoms with Crippen LogP contribution in [0.2, 0.25) is 0 Å². The third-order valence-corrected chi connectivity index (χ3v) is 3.18. The molecule has 0 spiro atoms. The molecule has 0 unspecified atom stereocenters. The lowest BCUT2D eigenvalue weighted by molar-refractivity contribution is 0.0484. The van der Waals surface area contributed by atoms with Crippen LogP contribution in [0.15, 0.2) is 0 Å². The molecule has 0 aromatic carbocycles. The van der Waals surface area contributed by atoms with Crippen molar-refractivity contribution < 1.29 is 9.47 Å². The largest absolute Gasteiger partial charge is 0.379 e. The third kappa shape index (κ3) is 10.7. The highest BCUT2D eigenvalue weighted by atomic mass is 32.2. The summed E-state index contributed by atoms with van der Waals surface area (Å²) in [5.74, 6) is 1.13. The van der Waals surface area contributed by atoms with Crippen molar-refractivity contribution in [1.82, 2.24) is 5.32 Å². The minimum atomic E-state index is 0.150. The summed E-state index contributed by atoms with van der Waals surface area (Å²) in [5.41, 5.74) is 0. The maximum atomic E-state index is 5.46. The predicted octanol–water partition coefficient (Wildman–Crippen LogP) is 2.51. The van der Waals surface area contributed by atoms with Gasteiger partial charge >= 0.3 is 0 Å². The SMILES string of the molecule is CCCOCCOCCNC(C)(C)SCC. The van der Waals surface area contributed by atoms with Crippen LogP contribution in [0.3, 0.4) is 0 Å². The van der Waals surface area contributed by atoms with Crippen LogP contribution in [0.4, 0.5) is 0 Å². The van der Waals surface area contributed by atoms with E-state index in [1.165, 1.54) is 0 Å². The van der Waals surface area contributed by atoms with Crippen LogP contribution in [0.5, 0.6) is 0 Å². The summed E-state index contributed by atoms with van der Waals surface area (Å²) < 4.78 is 10.8. The summed E-state index contributed by atoms with van der Waals surface area (Å²) in [6.45, 7) is 12.6. The first-order valence-corrected chi connectivity index (χ1v) is 7.15. The molecule has 0 aromatic rings. The lowest BCUT2D eigenvalue weighted by Crippen LogP contribution is -2.38. The van der Waals surface area contributed by atoms with Gasteiger partial charge in [-0.1, -0.05) is 13.8 Å². The maximum absolute atomic E-state index is 5.46. The molecule has 0 aromatic heterocycles. The highest BCUT2D eigenvalue weighted by Gasteiger charge is 2.14. The van der Waals surface area contributed by atoms with Crippen LogP contribution in [-0.2, 0) is 9.47 Å². The predicted molar refractivity (Wildman–Crippen MR) is 72.1 cm³/mol. The number of nitrogens with one attached hydrogen (secondary N) is 1. The average Bonchev–Trinajstić information content (AvgIpc) is 2.22. The minimum Gasteiger partial charge on any atom is -0.379 e. The molecule has 0 radical (unpaired) electrons. The Morgan fingerprint density at radius 2 is 1.62 bits per heavy atom. The van der Waals surface area contributed by atoms with Gasteiger partial charge in [-0.2, -0.15) is 0 Å². The Hall–Kier alpha value is 0.230. The summed E-state index contributed by atoms with van der Waals surface area (Å²) in [4.78, 5) is 0.150. The fourth-order valence-electron chi connectivity index (χ4n) is 1.30. The van der Waals surface area contributed by atoms with Crippen LogP contribution in [0, 0.1) is 0 Å². The van der Waals surface area contributed by atoms with Gasteiger partial charge in [0.15, 0.2) is 0 Å². The van der Waals surface area contributed by atoms with Crippen molar-refractivity contribution in [3.8, 4) is 0 Å². The van der Waals surface area contributed by atoms with Gasteiger partial charge in [0.25, 0.3) is 0 Å². The van der Waals surface area contributed by atoms with Gasteiger partial charge in [-0.05, 0) is 26.0 Å². The monoisotopic (exact) mass is 249 g/mol. The molecule has 0 rings (SSSR count). The standard InChI is InChI=1S/C12H27NO2S/c1-5-8-14-10-11-15-9-7-13-12(3,4)16-6-2/h13H,5-11H2,1-4H3. The van der Waals surface area contributed by atoms with Crippen LogP contribution in [-0.4, -0.2) is 43.6 Å². The number of ether oxygens (including phenoxy) is 2. The lowest BCUT2D eigenvalue weighted by Gasteiger charge is -2.25. The Kier molecular flexibility index (Phi) is 10.5. The second-order valence-corrected chi connectivity index (χ2v) is 5.98. The molecule has 0 atom stereocenters. The highest BCUT2D eigenvalue weighted by molar-refractivity contribution is 8.00. The molecule has 4 heteroatoms. The molecule has 0 aliphatic carbocycles. The Bertz CT molecular complexity index is 154. The van der Waals surface area contributed by atoms with E-state index in [0.717, 1.165) is 31.9 Å². The zero-order chi connectivity index (χ0) is 12.3. The summed E-state index contributed by atoms with van der Waals surface area (Å²) in [5, 5.41) is 3.46. The van der Waals surface area contributed by atoms with Gasteiger partial charge in [0.1, 0.15) is 0 Å². The molecule has 0 bridgehead atoms. The molecule has 0 fully saturated rings. The van der Waals surface area contributed by atoms with E-state index < -0.39 is 0 Å². The van der Waals surface area contributed by atoms with Gasteiger partial charge in [0.2, 0.25) is 0 Å². The van der Waals surface area contributed by atoms with Gasteiger partial charge in [-0.3, -0.25) is 0 Å². The van der Waals surface area contributed by atoms with Crippen molar-refractivity contribution in [3.63, 3.8) is 0 Å². The van der Waals surface area contributed by atoms with E-state index >= 15 is 0 Å². The van der Waals surface area contributed by atoms with Crippen LogP contribution >= 0.6 is 11.8 Å². The zero-order valence-electron chi connectivity index (χ0n) is 11.2. The third-order valence-electron chi connectivity index (χ3n) is 2.02. The first kappa shape index (κ1) is 16.2. The van der Waals surface area contributed by atoms with Crippen molar-refractivity contribution in [2.75, 3.05) is 38.7 Å².